The summed E-state index contributed by atoms with van der Waals surface area (Å²) in [6, 6.07) is 4.76. The SMILES string of the molecule is Cl.NC(=O)c1ccc(NC(=O)C2CC23CCNCC3)cc1Cl. The van der Waals surface area contributed by atoms with Crippen LogP contribution in [0.1, 0.15) is 29.6 Å². The van der Waals surface area contributed by atoms with Crippen LogP contribution in [0.3, 0.4) is 0 Å². The van der Waals surface area contributed by atoms with Crippen LogP contribution in [-0.4, -0.2) is 24.9 Å². The lowest BCUT2D eigenvalue weighted by atomic mass is 9.92. The molecule has 1 spiro atoms. The summed E-state index contributed by atoms with van der Waals surface area (Å²) in [5.74, 6) is -0.442. The summed E-state index contributed by atoms with van der Waals surface area (Å²) in [6.07, 6.45) is 3.09. The van der Waals surface area contributed by atoms with Gasteiger partial charge in [0.2, 0.25) is 11.8 Å². The second kappa shape index (κ2) is 6.44. The molecule has 2 amide bonds. The molecule has 1 atom stereocenters. The Morgan fingerprint density at radius 3 is 2.59 bits per heavy atom. The molecule has 0 radical (unpaired) electrons. The molecule has 1 unspecified atom stereocenters. The predicted octanol–water partition coefficient (Wildman–Crippen LogP) is 2.19. The van der Waals surface area contributed by atoms with E-state index in [1.165, 1.54) is 6.07 Å². The maximum Gasteiger partial charge on any atom is 0.250 e. The van der Waals surface area contributed by atoms with Gasteiger partial charge in [-0.05, 0) is 56.0 Å². The molecule has 1 aliphatic carbocycles. The van der Waals surface area contributed by atoms with E-state index in [2.05, 4.69) is 10.6 Å². The molecular weight excluding hydrogens is 325 g/mol. The highest BCUT2D eigenvalue weighted by Gasteiger charge is 2.57. The minimum absolute atomic E-state index is 0. The number of carbonyl (C=O) groups excluding carboxylic acids is 2. The number of piperidine rings is 1. The van der Waals surface area contributed by atoms with E-state index in [4.69, 9.17) is 17.3 Å². The van der Waals surface area contributed by atoms with Crippen molar-refractivity contribution < 1.29 is 9.59 Å². The molecule has 5 nitrogen and oxygen atoms in total. The zero-order valence-corrected chi connectivity index (χ0v) is 13.6. The number of benzene rings is 1. The molecule has 4 N–H and O–H groups in total. The topological polar surface area (TPSA) is 84.2 Å². The molecule has 22 heavy (non-hydrogen) atoms. The van der Waals surface area contributed by atoms with E-state index in [1.54, 1.807) is 12.1 Å². The molecule has 120 valence electrons. The summed E-state index contributed by atoms with van der Waals surface area (Å²) in [7, 11) is 0. The van der Waals surface area contributed by atoms with Crippen LogP contribution in [0.25, 0.3) is 0 Å². The number of hydrogen-bond acceptors (Lipinski definition) is 3. The Hall–Kier alpha value is -1.30. The van der Waals surface area contributed by atoms with Gasteiger partial charge in [-0.15, -0.1) is 12.4 Å². The Kier molecular flexibility index (Phi) is 5.00. The van der Waals surface area contributed by atoms with E-state index in [0.29, 0.717) is 5.69 Å². The standard InChI is InChI=1S/C15H18ClN3O2.ClH/c16-12-7-9(1-2-10(12)13(17)20)19-14(21)11-8-15(11)3-5-18-6-4-15;/h1-2,7,11,18H,3-6,8H2,(H2,17,20)(H,19,21);1H. The van der Waals surface area contributed by atoms with Crippen LogP contribution in [0.5, 0.6) is 0 Å². The molecule has 2 aliphatic rings. The first-order chi connectivity index (χ1) is 10.0. The maximum absolute atomic E-state index is 12.3. The highest BCUT2D eigenvalue weighted by atomic mass is 35.5. The van der Waals surface area contributed by atoms with Crippen LogP contribution in [0.2, 0.25) is 5.02 Å². The third-order valence-electron chi connectivity index (χ3n) is 4.61. The lowest BCUT2D eigenvalue weighted by Gasteiger charge is -2.23. The number of nitrogens with one attached hydrogen (secondary N) is 2. The van der Waals surface area contributed by atoms with E-state index in [0.717, 1.165) is 32.4 Å². The van der Waals surface area contributed by atoms with Gasteiger partial charge in [-0.3, -0.25) is 9.59 Å². The highest BCUT2D eigenvalue weighted by Crippen LogP contribution is 2.58. The first kappa shape index (κ1) is 17.1. The molecule has 1 saturated heterocycles. The number of anilines is 1. The number of halogens is 2. The van der Waals surface area contributed by atoms with Crippen LogP contribution in [-0.2, 0) is 4.79 Å². The van der Waals surface area contributed by atoms with E-state index >= 15 is 0 Å². The summed E-state index contributed by atoms with van der Waals surface area (Å²) >= 11 is 5.98. The van der Waals surface area contributed by atoms with Gasteiger partial charge in [0.15, 0.2) is 0 Å². The monoisotopic (exact) mass is 343 g/mol. The van der Waals surface area contributed by atoms with Gasteiger partial charge in [-0.1, -0.05) is 11.6 Å². The average Bonchev–Trinajstić information content (AvgIpc) is 3.13. The van der Waals surface area contributed by atoms with E-state index in [-0.39, 0.29) is 40.2 Å². The van der Waals surface area contributed by atoms with Crippen molar-refractivity contribution in [1.29, 1.82) is 0 Å². The third-order valence-corrected chi connectivity index (χ3v) is 4.92. The summed E-state index contributed by atoms with van der Waals surface area (Å²) in [6.45, 7) is 1.98. The minimum Gasteiger partial charge on any atom is -0.366 e. The fourth-order valence-electron chi connectivity index (χ4n) is 3.22. The molecule has 2 fully saturated rings. The van der Waals surface area contributed by atoms with Crippen molar-refractivity contribution in [2.75, 3.05) is 18.4 Å². The molecule has 0 bridgehead atoms. The summed E-state index contributed by atoms with van der Waals surface area (Å²) in [5.41, 5.74) is 6.26. The van der Waals surface area contributed by atoms with Crippen LogP contribution in [0.15, 0.2) is 18.2 Å². The van der Waals surface area contributed by atoms with Crippen molar-refractivity contribution in [3.05, 3.63) is 28.8 Å². The maximum atomic E-state index is 12.3. The molecule has 1 aliphatic heterocycles. The highest BCUT2D eigenvalue weighted by molar-refractivity contribution is 6.34. The van der Waals surface area contributed by atoms with Crippen molar-refractivity contribution in [3.63, 3.8) is 0 Å². The van der Waals surface area contributed by atoms with Gasteiger partial charge in [0, 0.05) is 11.6 Å². The summed E-state index contributed by atoms with van der Waals surface area (Å²) in [5, 5.41) is 6.46. The molecule has 1 saturated carbocycles. The van der Waals surface area contributed by atoms with Gasteiger partial charge < -0.3 is 16.4 Å². The minimum atomic E-state index is -0.575. The molecular formula is C15H19Cl2N3O2. The second-order valence-electron chi connectivity index (χ2n) is 5.92. The van der Waals surface area contributed by atoms with E-state index in [1.807, 2.05) is 0 Å². The van der Waals surface area contributed by atoms with Gasteiger partial charge >= 0.3 is 0 Å². The van der Waals surface area contributed by atoms with Gasteiger partial charge in [-0.25, -0.2) is 0 Å². The number of nitrogens with two attached hydrogens (primary N) is 1. The fraction of sp³-hybridized carbons (Fsp3) is 0.467. The Morgan fingerprint density at radius 1 is 1.32 bits per heavy atom. The number of amides is 2. The lowest BCUT2D eigenvalue weighted by Crippen LogP contribution is -2.31. The first-order valence-electron chi connectivity index (χ1n) is 7.13. The third kappa shape index (κ3) is 3.21. The number of hydrogen-bond donors (Lipinski definition) is 3. The number of carbonyl (C=O) groups is 2. The quantitative estimate of drug-likeness (QED) is 0.786. The first-order valence-corrected chi connectivity index (χ1v) is 7.51. The predicted molar refractivity (Wildman–Crippen MR) is 88.5 cm³/mol. The van der Waals surface area contributed by atoms with Crippen molar-refractivity contribution in [2.45, 2.75) is 19.3 Å². The van der Waals surface area contributed by atoms with Crippen LogP contribution in [0, 0.1) is 11.3 Å². The van der Waals surface area contributed by atoms with Crippen molar-refractivity contribution in [2.24, 2.45) is 17.1 Å². The fourth-order valence-corrected chi connectivity index (χ4v) is 3.49. The molecule has 7 heteroatoms. The van der Waals surface area contributed by atoms with Crippen molar-refractivity contribution in [1.82, 2.24) is 5.32 Å². The van der Waals surface area contributed by atoms with Crippen molar-refractivity contribution >= 4 is 41.5 Å². The lowest BCUT2D eigenvalue weighted by molar-refractivity contribution is -0.118. The van der Waals surface area contributed by atoms with Crippen LogP contribution in [0.4, 0.5) is 5.69 Å². The summed E-state index contributed by atoms with van der Waals surface area (Å²) in [4.78, 5) is 23.4. The van der Waals surface area contributed by atoms with Crippen molar-refractivity contribution in [3.8, 4) is 0 Å². The Balaban J connectivity index is 0.00000176. The second-order valence-corrected chi connectivity index (χ2v) is 6.32. The smallest absolute Gasteiger partial charge is 0.250 e. The Bertz CT molecular complexity index is 600. The Labute approximate surface area is 140 Å². The molecule has 3 rings (SSSR count). The van der Waals surface area contributed by atoms with Gasteiger partial charge in [-0.2, -0.15) is 0 Å². The zero-order chi connectivity index (χ0) is 15.0. The van der Waals surface area contributed by atoms with Gasteiger partial charge in [0.25, 0.3) is 0 Å². The summed E-state index contributed by atoms with van der Waals surface area (Å²) < 4.78 is 0. The van der Waals surface area contributed by atoms with E-state index in [9.17, 15) is 9.59 Å². The molecule has 0 aromatic heterocycles. The number of rotatable bonds is 3. The van der Waals surface area contributed by atoms with Gasteiger partial charge in [0.1, 0.15) is 0 Å². The Morgan fingerprint density at radius 2 is 2.00 bits per heavy atom. The largest absolute Gasteiger partial charge is 0.366 e. The average molecular weight is 344 g/mol. The van der Waals surface area contributed by atoms with Crippen LogP contribution < -0.4 is 16.4 Å². The molecule has 1 heterocycles. The molecule has 1 aromatic rings. The zero-order valence-electron chi connectivity index (χ0n) is 12.0. The normalized spacial score (nSPS) is 21.8. The van der Waals surface area contributed by atoms with Crippen LogP contribution >= 0.6 is 24.0 Å². The molecule has 1 aromatic carbocycles. The van der Waals surface area contributed by atoms with Gasteiger partial charge in [0.05, 0.1) is 10.6 Å². The number of primary amides is 1. The van der Waals surface area contributed by atoms with E-state index < -0.39 is 5.91 Å².